The predicted octanol–water partition coefficient (Wildman–Crippen LogP) is 2.88. The van der Waals surface area contributed by atoms with E-state index in [1.807, 2.05) is 0 Å². The maximum Gasteiger partial charge on any atom is 0.0610 e. The van der Waals surface area contributed by atoms with Crippen molar-refractivity contribution in [2.45, 2.75) is 71.9 Å². The van der Waals surface area contributed by atoms with Crippen molar-refractivity contribution in [3.63, 3.8) is 0 Å². The van der Waals surface area contributed by atoms with E-state index >= 15 is 0 Å². The van der Waals surface area contributed by atoms with Crippen LogP contribution in [0, 0.1) is 11.8 Å². The van der Waals surface area contributed by atoms with Crippen LogP contribution in [0.15, 0.2) is 0 Å². The Kier molecular flexibility index (Phi) is 7.49. The molecule has 4 atom stereocenters. The molecular formula is C17H36N2O. The Morgan fingerprint density at radius 2 is 2.00 bits per heavy atom. The number of nitrogens with zero attached hydrogens (tertiary/aromatic N) is 1. The van der Waals surface area contributed by atoms with Crippen LogP contribution in [0.1, 0.15) is 60.3 Å². The zero-order valence-corrected chi connectivity index (χ0v) is 14.3. The molecule has 0 amide bonds. The second kappa shape index (κ2) is 8.35. The molecule has 1 rings (SSSR count). The van der Waals surface area contributed by atoms with Gasteiger partial charge in [-0.15, -0.1) is 0 Å². The van der Waals surface area contributed by atoms with Crippen molar-refractivity contribution in [2.24, 2.45) is 11.8 Å². The van der Waals surface area contributed by atoms with E-state index in [9.17, 15) is 5.11 Å². The SMILES string of the molecule is CCCNC(C)(CO)CCCN1CC(C)CC(C)C1C. The molecule has 0 aliphatic carbocycles. The second-order valence-electron chi connectivity index (χ2n) is 7.30. The van der Waals surface area contributed by atoms with Crippen molar-refractivity contribution >= 4 is 0 Å². The van der Waals surface area contributed by atoms with Gasteiger partial charge in [-0.05, 0) is 64.5 Å². The fourth-order valence-electron chi connectivity index (χ4n) is 3.45. The van der Waals surface area contributed by atoms with Crippen LogP contribution in [0.3, 0.4) is 0 Å². The number of aliphatic hydroxyl groups is 1. The lowest BCUT2D eigenvalue weighted by Crippen LogP contribution is -2.48. The van der Waals surface area contributed by atoms with Crippen LogP contribution in [0.25, 0.3) is 0 Å². The van der Waals surface area contributed by atoms with Gasteiger partial charge in [0.1, 0.15) is 0 Å². The third-order valence-corrected chi connectivity index (χ3v) is 5.04. The van der Waals surface area contributed by atoms with Crippen LogP contribution in [0.2, 0.25) is 0 Å². The van der Waals surface area contributed by atoms with Crippen LogP contribution < -0.4 is 5.32 Å². The number of rotatable bonds is 8. The molecule has 0 spiro atoms. The third kappa shape index (κ3) is 5.34. The second-order valence-corrected chi connectivity index (χ2v) is 7.30. The fraction of sp³-hybridized carbons (Fsp3) is 1.00. The lowest BCUT2D eigenvalue weighted by atomic mass is 9.85. The highest BCUT2D eigenvalue weighted by molar-refractivity contribution is 4.85. The molecule has 2 N–H and O–H groups in total. The van der Waals surface area contributed by atoms with E-state index in [1.165, 1.54) is 19.5 Å². The van der Waals surface area contributed by atoms with Crippen LogP contribution in [0.4, 0.5) is 0 Å². The van der Waals surface area contributed by atoms with Gasteiger partial charge >= 0.3 is 0 Å². The molecule has 1 aliphatic rings. The summed E-state index contributed by atoms with van der Waals surface area (Å²) in [6.45, 7) is 15.1. The first-order valence-corrected chi connectivity index (χ1v) is 8.51. The molecule has 1 heterocycles. The molecule has 0 bridgehead atoms. The molecule has 1 saturated heterocycles. The molecular weight excluding hydrogens is 248 g/mol. The summed E-state index contributed by atoms with van der Waals surface area (Å²) < 4.78 is 0. The predicted molar refractivity (Wildman–Crippen MR) is 87.0 cm³/mol. The van der Waals surface area contributed by atoms with Gasteiger partial charge in [0.15, 0.2) is 0 Å². The maximum atomic E-state index is 9.61. The van der Waals surface area contributed by atoms with Crippen molar-refractivity contribution < 1.29 is 5.11 Å². The van der Waals surface area contributed by atoms with E-state index in [1.54, 1.807) is 0 Å². The van der Waals surface area contributed by atoms with Crippen LogP contribution >= 0.6 is 0 Å². The molecule has 4 unspecified atom stereocenters. The Bertz CT molecular complexity index is 272. The van der Waals surface area contributed by atoms with E-state index in [0.29, 0.717) is 6.04 Å². The molecule has 20 heavy (non-hydrogen) atoms. The highest BCUT2D eigenvalue weighted by Crippen LogP contribution is 2.27. The van der Waals surface area contributed by atoms with Gasteiger partial charge in [0, 0.05) is 18.1 Å². The highest BCUT2D eigenvalue weighted by atomic mass is 16.3. The monoisotopic (exact) mass is 284 g/mol. The minimum Gasteiger partial charge on any atom is -0.394 e. The average molecular weight is 284 g/mol. The zero-order chi connectivity index (χ0) is 15.2. The number of likely N-dealkylation sites (tertiary alicyclic amines) is 1. The Morgan fingerprint density at radius 1 is 1.30 bits per heavy atom. The Labute approximate surface area is 126 Å². The first kappa shape index (κ1) is 17.9. The van der Waals surface area contributed by atoms with Crippen molar-refractivity contribution in [3.05, 3.63) is 0 Å². The molecule has 0 aromatic carbocycles. The van der Waals surface area contributed by atoms with E-state index in [4.69, 9.17) is 0 Å². The van der Waals surface area contributed by atoms with Crippen molar-refractivity contribution in [1.29, 1.82) is 0 Å². The first-order valence-electron chi connectivity index (χ1n) is 8.51. The number of piperidine rings is 1. The van der Waals surface area contributed by atoms with Crippen molar-refractivity contribution in [2.75, 3.05) is 26.2 Å². The maximum absolute atomic E-state index is 9.61. The van der Waals surface area contributed by atoms with Gasteiger partial charge in [0.25, 0.3) is 0 Å². The quantitative estimate of drug-likeness (QED) is 0.719. The van der Waals surface area contributed by atoms with Gasteiger partial charge in [-0.1, -0.05) is 20.8 Å². The zero-order valence-electron chi connectivity index (χ0n) is 14.3. The summed E-state index contributed by atoms with van der Waals surface area (Å²) in [6.07, 6.45) is 4.70. The van der Waals surface area contributed by atoms with E-state index in [-0.39, 0.29) is 12.1 Å². The Hall–Kier alpha value is -0.120. The fourth-order valence-corrected chi connectivity index (χ4v) is 3.45. The lowest BCUT2D eigenvalue weighted by Gasteiger charge is -2.41. The van der Waals surface area contributed by atoms with E-state index in [0.717, 1.165) is 37.6 Å². The summed E-state index contributed by atoms with van der Waals surface area (Å²) in [4.78, 5) is 2.65. The summed E-state index contributed by atoms with van der Waals surface area (Å²) >= 11 is 0. The smallest absolute Gasteiger partial charge is 0.0610 e. The minimum atomic E-state index is -0.105. The van der Waals surface area contributed by atoms with Gasteiger partial charge in [0.2, 0.25) is 0 Å². The van der Waals surface area contributed by atoms with E-state index in [2.05, 4.69) is 44.8 Å². The van der Waals surface area contributed by atoms with Gasteiger partial charge < -0.3 is 15.3 Å². The molecule has 120 valence electrons. The summed E-state index contributed by atoms with van der Waals surface area (Å²) in [5.41, 5.74) is -0.105. The normalized spacial score (nSPS) is 31.2. The molecule has 0 radical (unpaired) electrons. The van der Waals surface area contributed by atoms with Crippen LogP contribution in [-0.2, 0) is 0 Å². The average Bonchev–Trinajstić information content (AvgIpc) is 2.42. The molecule has 0 saturated carbocycles. The molecule has 3 heteroatoms. The molecule has 3 nitrogen and oxygen atoms in total. The van der Waals surface area contributed by atoms with Gasteiger partial charge in [-0.3, -0.25) is 0 Å². The number of nitrogens with one attached hydrogen (secondary N) is 1. The van der Waals surface area contributed by atoms with Gasteiger partial charge in [0.05, 0.1) is 6.61 Å². The summed E-state index contributed by atoms with van der Waals surface area (Å²) in [7, 11) is 0. The number of hydrogen-bond acceptors (Lipinski definition) is 3. The van der Waals surface area contributed by atoms with Crippen LogP contribution in [-0.4, -0.2) is 47.8 Å². The molecule has 1 aliphatic heterocycles. The summed E-state index contributed by atoms with van der Waals surface area (Å²) in [5, 5.41) is 13.1. The molecule has 0 aromatic rings. The van der Waals surface area contributed by atoms with Crippen molar-refractivity contribution in [1.82, 2.24) is 10.2 Å². The van der Waals surface area contributed by atoms with Crippen LogP contribution in [0.5, 0.6) is 0 Å². The first-order chi connectivity index (χ1) is 9.41. The van der Waals surface area contributed by atoms with E-state index < -0.39 is 0 Å². The Balaban J connectivity index is 2.38. The largest absolute Gasteiger partial charge is 0.394 e. The molecule has 0 aromatic heterocycles. The van der Waals surface area contributed by atoms with Crippen molar-refractivity contribution in [3.8, 4) is 0 Å². The Morgan fingerprint density at radius 3 is 2.60 bits per heavy atom. The third-order valence-electron chi connectivity index (χ3n) is 5.04. The highest BCUT2D eigenvalue weighted by Gasteiger charge is 2.29. The lowest BCUT2D eigenvalue weighted by molar-refractivity contribution is 0.0730. The molecule has 1 fully saturated rings. The minimum absolute atomic E-state index is 0.105. The number of hydrogen-bond donors (Lipinski definition) is 2. The van der Waals surface area contributed by atoms with Gasteiger partial charge in [-0.25, -0.2) is 0 Å². The summed E-state index contributed by atoms with van der Waals surface area (Å²) in [5.74, 6) is 1.63. The topological polar surface area (TPSA) is 35.5 Å². The number of aliphatic hydroxyl groups excluding tert-OH is 1. The standard InChI is InChI=1S/C17H36N2O/c1-6-9-18-17(5,13-20)8-7-10-19-12-14(2)11-15(3)16(19)4/h14-16,18,20H,6-13H2,1-5H3. The van der Waals surface area contributed by atoms with Gasteiger partial charge in [-0.2, -0.15) is 0 Å². The summed E-state index contributed by atoms with van der Waals surface area (Å²) in [6, 6.07) is 0.704.